The van der Waals surface area contributed by atoms with Gasteiger partial charge in [-0.15, -0.1) is 0 Å². The highest BCUT2D eigenvalue weighted by molar-refractivity contribution is 7.89. The molecule has 2 rings (SSSR count). The fraction of sp³-hybridized carbons (Fsp3) is 0.588. The molecule has 1 aromatic rings. The van der Waals surface area contributed by atoms with Gasteiger partial charge in [0.15, 0.2) is 0 Å². The van der Waals surface area contributed by atoms with Crippen molar-refractivity contribution in [2.45, 2.75) is 20.0 Å². The van der Waals surface area contributed by atoms with Crippen LogP contribution in [0.3, 0.4) is 0 Å². The first-order chi connectivity index (χ1) is 12.5. The minimum absolute atomic E-state index is 0.0349. The zero-order chi connectivity index (χ0) is 20.2. The minimum Gasteiger partial charge on any atom is -0.369 e. The number of hydrogen-bond donors (Lipinski definition) is 1. The molecule has 27 heavy (non-hydrogen) atoms. The molecule has 0 atom stereocenters. The van der Waals surface area contributed by atoms with Crippen LogP contribution < -0.4 is 10.2 Å². The van der Waals surface area contributed by atoms with Gasteiger partial charge in [-0.2, -0.15) is 17.5 Å². The molecule has 1 saturated heterocycles. The summed E-state index contributed by atoms with van der Waals surface area (Å²) in [5.41, 5.74) is -0.304. The highest BCUT2D eigenvalue weighted by Gasteiger charge is 2.32. The summed E-state index contributed by atoms with van der Waals surface area (Å²) in [5.74, 6) is -0.627. The highest BCUT2D eigenvalue weighted by Crippen LogP contribution is 2.31. The van der Waals surface area contributed by atoms with E-state index in [4.69, 9.17) is 0 Å². The average Bonchev–Trinajstić information content (AvgIpc) is 2.61. The standard InChI is InChI=1S/C17H24F3N3O3S/c1-13(2)16(24)21-6-11-27(25,26)23-9-7-22(8-10-23)15-5-3-4-14(12-15)17(18,19)20/h3-5,12-13H,6-11H2,1-2H3,(H,21,24). The molecular weight excluding hydrogens is 383 g/mol. The van der Waals surface area contributed by atoms with Crippen molar-refractivity contribution in [3.05, 3.63) is 29.8 Å². The number of rotatable bonds is 6. The molecule has 0 aliphatic carbocycles. The summed E-state index contributed by atoms with van der Waals surface area (Å²) >= 11 is 0. The lowest BCUT2D eigenvalue weighted by Crippen LogP contribution is -2.50. The van der Waals surface area contributed by atoms with Crippen LogP contribution in [0.5, 0.6) is 0 Å². The summed E-state index contributed by atoms with van der Waals surface area (Å²) in [6, 6.07) is 5.01. The van der Waals surface area contributed by atoms with Crippen LogP contribution >= 0.6 is 0 Å². The molecule has 0 saturated carbocycles. The van der Waals surface area contributed by atoms with Gasteiger partial charge in [0.05, 0.1) is 11.3 Å². The Balaban J connectivity index is 1.92. The number of halogens is 3. The first kappa shape index (κ1) is 21.5. The van der Waals surface area contributed by atoms with Crippen molar-refractivity contribution in [3.8, 4) is 0 Å². The second-order valence-electron chi connectivity index (χ2n) is 6.70. The normalized spacial score (nSPS) is 16.6. The molecule has 1 aliphatic rings. The van der Waals surface area contributed by atoms with Gasteiger partial charge in [0.1, 0.15) is 0 Å². The van der Waals surface area contributed by atoms with Crippen LogP contribution in [-0.2, 0) is 21.0 Å². The van der Waals surface area contributed by atoms with Gasteiger partial charge in [0.25, 0.3) is 0 Å². The fourth-order valence-corrected chi connectivity index (χ4v) is 4.08. The predicted molar refractivity (Wildman–Crippen MR) is 96.9 cm³/mol. The number of amides is 1. The van der Waals surface area contributed by atoms with Gasteiger partial charge in [0, 0.05) is 44.3 Å². The number of anilines is 1. The third-order valence-electron chi connectivity index (χ3n) is 4.35. The number of benzene rings is 1. The number of sulfonamides is 1. The lowest BCUT2D eigenvalue weighted by atomic mass is 10.1. The van der Waals surface area contributed by atoms with Gasteiger partial charge < -0.3 is 10.2 Å². The van der Waals surface area contributed by atoms with E-state index in [-0.39, 0.29) is 37.2 Å². The Kier molecular flexibility index (Phi) is 6.74. The molecule has 0 spiro atoms. The monoisotopic (exact) mass is 407 g/mol. The topological polar surface area (TPSA) is 69.7 Å². The van der Waals surface area contributed by atoms with Crippen molar-refractivity contribution in [3.63, 3.8) is 0 Å². The molecule has 10 heteroatoms. The smallest absolute Gasteiger partial charge is 0.369 e. The maximum absolute atomic E-state index is 12.8. The number of nitrogens with one attached hydrogen (secondary N) is 1. The number of nitrogens with zero attached hydrogens (tertiary/aromatic N) is 2. The molecule has 152 valence electrons. The average molecular weight is 407 g/mol. The van der Waals surface area contributed by atoms with E-state index < -0.39 is 21.8 Å². The third kappa shape index (κ3) is 5.83. The summed E-state index contributed by atoms with van der Waals surface area (Å²) in [5, 5.41) is 2.57. The molecule has 1 heterocycles. The lowest BCUT2D eigenvalue weighted by Gasteiger charge is -2.35. The fourth-order valence-electron chi connectivity index (χ4n) is 2.74. The summed E-state index contributed by atoms with van der Waals surface area (Å²) in [7, 11) is -3.53. The first-order valence-electron chi connectivity index (χ1n) is 8.68. The van der Waals surface area contributed by atoms with E-state index in [0.717, 1.165) is 12.1 Å². The summed E-state index contributed by atoms with van der Waals surface area (Å²) in [6.45, 7) is 4.46. The Labute approximate surface area is 157 Å². The Morgan fingerprint density at radius 3 is 2.37 bits per heavy atom. The maximum atomic E-state index is 12.8. The van der Waals surface area contributed by atoms with E-state index in [1.165, 1.54) is 10.4 Å². The maximum Gasteiger partial charge on any atom is 0.416 e. The van der Waals surface area contributed by atoms with E-state index in [1.54, 1.807) is 24.8 Å². The quantitative estimate of drug-likeness (QED) is 0.783. The van der Waals surface area contributed by atoms with E-state index in [2.05, 4.69) is 5.32 Å². The molecule has 1 aliphatic heterocycles. The van der Waals surface area contributed by atoms with Crippen molar-refractivity contribution < 1.29 is 26.4 Å². The zero-order valence-electron chi connectivity index (χ0n) is 15.3. The van der Waals surface area contributed by atoms with Gasteiger partial charge in [-0.25, -0.2) is 8.42 Å². The largest absolute Gasteiger partial charge is 0.416 e. The Morgan fingerprint density at radius 1 is 1.19 bits per heavy atom. The van der Waals surface area contributed by atoms with E-state index in [1.807, 2.05) is 0 Å². The molecule has 1 fully saturated rings. The second kappa shape index (κ2) is 8.47. The van der Waals surface area contributed by atoms with Crippen LogP contribution in [0.1, 0.15) is 19.4 Å². The van der Waals surface area contributed by atoms with Crippen LogP contribution in [0.15, 0.2) is 24.3 Å². The lowest BCUT2D eigenvalue weighted by molar-refractivity contribution is -0.137. The van der Waals surface area contributed by atoms with Crippen molar-refractivity contribution >= 4 is 21.6 Å². The molecule has 1 amide bonds. The molecule has 1 aromatic carbocycles. The van der Waals surface area contributed by atoms with Crippen molar-refractivity contribution in [2.75, 3.05) is 43.4 Å². The Hall–Kier alpha value is -1.81. The number of hydrogen-bond acceptors (Lipinski definition) is 4. The predicted octanol–water partition coefficient (Wildman–Crippen LogP) is 1.93. The van der Waals surface area contributed by atoms with E-state index in [9.17, 15) is 26.4 Å². The van der Waals surface area contributed by atoms with Gasteiger partial charge in [-0.3, -0.25) is 4.79 Å². The van der Waals surface area contributed by atoms with Gasteiger partial charge in [0.2, 0.25) is 15.9 Å². The number of carbonyl (C=O) groups is 1. The molecule has 1 N–H and O–H groups in total. The zero-order valence-corrected chi connectivity index (χ0v) is 16.1. The summed E-state index contributed by atoms with van der Waals surface area (Å²) in [6.07, 6.45) is -4.42. The number of carbonyl (C=O) groups excluding carboxylic acids is 1. The Bertz CT molecular complexity index is 758. The summed E-state index contributed by atoms with van der Waals surface area (Å²) in [4.78, 5) is 13.2. The van der Waals surface area contributed by atoms with Crippen molar-refractivity contribution in [2.24, 2.45) is 5.92 Å². The SMILES string of the molecule is CC(C)C(=O)NCCS(=O)(=O)N1CCN(c2cccc(C(F)(F)F)c2)CC1. The molecular formula is C17H24F3N3O3S. The molecule has 0 bridgehead atoms. The Morgan fingerprint density at radius 2 is 1.81 bits per heavy atom. The van der Waals surface area contributed by atoms with Crippen molar-refractivity contribution in [1.29, 1.82) is 0 Å². The highest BCUT2D eigenvalue weighted by atomic mass is 32.2. The minimum atomic E-state index is -4.42. The number of alkyl halides is 3. The van der Waals surface area contributed by atoms with Crippen LogP contribution in [0.25, 0.3) is 0 Å². The van der Waals surface area contributed by atoms with Crippen LogP contribution in [-0.4, -0.2) is 57.1 Å². The second-order valence-corrected chi connectivity index (χ2v) is 8.78. The molecule has 0 aromatic heterocycles. The van der Waals surface area contributed by atoms with Gasteiger partial charge in [-0.1, -0.05) is 19.9 Å². The first-order valence-corrected chi connectivity index (χ1v) is 10.3. The molecule has 0 radical (unpaired) electrons. The van der Waals surface area contributed by atoms with Crippen molar-refractivity contribution in [1.82, 2.24) is 9.62 Å². The van der Waals surface area contributed by atoms with Crippen LogP contribution in [0.2, 0.25) is 0 Å². The van der Waals surface area contributed by atoms with E-state index in [0.29, 0.717) is 18.8 Å². The van der Waals surface area contributed by atoms with Crippen LogP contribution in [0, 0.1) is 5.92 Å². The van der Waals surface area contributed by atoms with Gasteiger partial charge >= 0.3 is 6.18 Å². The van der Waals surface area contributed by atoms with Crippen LogP contribution in [0.4, 0.5) is 18.9 Å². The molecule has 0 unspecified atom stereocenters. The van der Waals surface area contributed by atoms with E-state index >= 15 is 0 Å². The number of piperazine rings is 1. The molecule has 6 nitrogen and oxygen atoms in total. The summed E-state index contributed by atoms with van der Waals surface area (Å²) < 4.78 is 64.6. The third-order valence-corrected chi connectivity index (χ3v) is 6.23. The van der Waals surface area contributed by atoms with Gasteiger partial charge in [-0.05, 0) is 18.2 Å².